The van der Waals surface area contributed by atoms with E-state index in [2.05, 4.69) is 23.2 Å². The molecule has 0 radical (unpaired) electrons. The molecule has 0 aliphatic carbocycles. The number of carbonyl (C=O) groups excluding carboxylic acids is 1. The Labute approximate surface area is 136 Å². The van der Waals surface area contributed by atoms with Crippen LogP contribution < -0.4 is 5.32 Å². The van der Waals surface area contributed by atoms with E-state index in [4.69, 9.17) is 0 Å². The van der Waals surface area contributed by atoms with Gasteiger partial charge in [0.2, 0.25) is 0 Å². The molecule has 118 valence electrons. The summed E-state index contributed by atoms with van der Waals surface area (Å²) in [6.07, 6.45) is 2.19. The van der Waals surface area contributed by atoms with E-state index in [1.54, 1.807) is 11.3 Å². The number of aryl methyl sites for hydroxylation is 1. The van der Waals surface area contributed by atoms with Gasteiger partial charge in [0, 0.05) is 38.8 Å². The van der Waals surface area contributed by atoms with Gasteiger partial charge in [0.1, 0.15) is 0 Å². The Bertz CT molecular complexity index is 465. The van der Waals surface area contributed by atoms with Crippen molar-refractivity contribution < 1.29 is 4.79 Å². The minimum absolute atomic E-state index is 0. The second-order valence-corrected chi connectivity index (χ2v) is 6.52. The van der Waals surface area contributed by atoms with Gasteiger partial charge < -0.3 is 10.2 Å². The molecule has 3 rings (SSSR count). The molecule has 3 heterocycles. The first-order valence-electron chi connectivity index (χ1n) is 7.60. The molecule has 6 heteroatoms. The van der Waals surface area contributed by atoms with Crippen LogP contribution in [0.1, 0.15) is 28.6 Å². The first kappa shape index (κ1) is 16.7. The van der Waals surface area contributed by atoms with Gasteiger partial charge >= 0.3 is 0 Å². The molecular formula is C15H24ClN3OS. The van der Waals surface area contributed by atoms with Crippen molar-refractivity contribution >= 4 is 29.7 Å². The Kier molecular flexibility index (Phi) is 6.05. The molecule has 21 heavy (non-hydrogen) atoms. The molecule has 1 amide bonds. The third-order valence-electron chi connectivity index (χ3n) is 4.47. The lowest BCUT2D eigenvalue weighted by Crippen LogP contribution is -2.52. The van der Waals surface area contributed by atoms with Crippen LogP contribution in [0.25, 0.3) is 0 Å². The first-order chi connectivity index (χ1) is 9.79. The predicted molar refractivity (Wildman–Crippen MR) is 89.7 cm³/mol. The van der Waals surface area contributed by atoms with E-state index in [0.29, 0.717) is 6.04 Å². The summed E-state index contributed by atoms with van der Waals surface area (Å²) in [5.41, 5.74) is 1.20. The van der Waals surface area contributed by atoms with E-state index in [1.165, 1.54) is 12.0 Å². The Hall–Kier alpha value is -0.620. The number of nitrogens with zero attached hydrogens (tertiary/aromatic N) is 2. The van der Waals surface area contributed by atoms with Crippen LogP contribution in [0.4, 0.5) is 0 Å². The van der Waals surface area contributed by atoms with Crippen LogP contribution in [0.5, 0.6) is 0 Å². The highest BCUT2D eigenvalue weighted by Crippen LogP contribution is 2.21. The molecule has 1 unspecified atom stereocenters. The zero-order valence-corrected chi connectivity index (χ0v) is 14.1. The number of nitrogens with one attached hydrogen (secondary N) is 1. The molecular weight excluding hydrogens is 306 g/mol. The molecule has 2 aliphatic rings. The highest BCUT2D eigenvalue weighted by molar-refractivity contribution is 7.12. The largest absolute Gasteiger partial charge is 0.335 e. The molecule has 1 N–H and O–H groups in total. The number of hydrogen-bond donors (Lipinski definition) is 1. The molecule has 0 aromatic carbocycles. The van der Waals surface area contributed by atoms with Crippen LogP contribution in [0.3, 0.4) is 0 Å². The lowest BCUT2D eigenvalue weighted by molar-refractivity contribution is 0.0587. The Morgan fingerprint density at radius 2 is 2.14 bits per heavy atom. The smallest absolute Gasteiger partial charge is 0.264 e. The summed E-state index contributed by atoms with van der Waals surface area (Å²) in [6, 6.07) is 2.76. The number of hydrogen-bond acceptors (Lipinski definition) is 4. The van der Waals surface area contributed by atoms with E-state index in [1.807, 2.05) is 10.3 Å². The summed E-state index contributed by atoms with van der Waals surface area (Å²) in [5, 5.41) is 5.45. The third-order valence-corrected chi connectivity index (χ3v) is 5.42. The van der Waals surface area contributed by atoms with Gasteiger partial charge in [0.05, 0.1) is 4.88 Å². The minimum atomic E-state index is 0. The summed E-state index contributed by atoms with van der Waals surface area (Å²) in [4.78, 5) is 18.1. The van der Waals surface area contributed by atoms with E-state index >= 15 is 0 Å². The summed E-state index contributed by atoms with van der Waals surface area (Å²) < 4.78 is 0. The van der Waals surface area contributed by atoms with E-state index < -0.39 is 0 Å². The topological polar surface area (TPSA) is 35.6 Å². The highest BCUT2D eigenvalue weighted by Gasteiger charge is 2.28. The van der Waals surface area contributed by atoms with Crippen molar-refractivity contribution in [1.82, 2.24) is 15.1 Å². The van der Waals surface area contributed by atoms with Crippen LogP contribution in [0.15, 0.2) is 11.4 Å². The molecule has 2 saturated heterocycles. The highest BCUT2D eigenvalue weighted by atomic mass is 35.5. The van der Waals surface area contributed by atoms with E-state index in [9.17, 15) is 4.79 Å². The number of piperazine rings is 1. The van der Waals surface area contributed by atoms with Gasteiger partial charge in [-0.15, -0.1) is 23.7 Å². The van der Waals surface area contributed by atoms with Crippen molar-refractivity contribution in [1.29, 1.82) is 0 Å². The van der Waals surface area contributed by atoms with Crippen molar-refractivity contribution in [2.45, 2.75) is 25.8 Å². The van der Waals surface area contributed by atoms with Gasteiger partial charge in [-0.05, 0) is 36.4 Å². The second kappa shape index (κ2) is 7.58. The molecule has 2 aliphatic heterocycles. The maximum Gasteiger partial charge on any atom is 0.264 e. The SMILES string of the molecule is CCc1ccsc1C(=O)N1CCN(C2CCNC2)CC1.Cl. The summed E-state index contributed by atoms with van der Waals surface area (Å²) in [6.45, 7) is 8.14. The van der Waals surface area contributed by atoms with Gasteiger partial charge in [-0.1, -0.05) is 6.92 Å². The Balaban J connectivity index is 0.00000161. The lowest BCUT2D eigenvalue weighted by Gasteiger charge is -2.37. The first-order valence-corrected chi connectivity index (χ1v) is 8.48. The maximum atomic E-state index is 12.6. The molecule has 0 spiro atoms. The number of rotatable bonds is 3. The van der Waals surface area contributed by atoms with Crippen LogP contribution in [-0.4, -0.2) is 61.0 Å². The molecule has 1 aromatic heterocycles. The third kappa shape index (κ3) is 3.59. The Morgan fingerprint density at radius 1 is 1.38 bits per heavy atom. The Morgan fingerprint density at radius 3 is 2.76 bits per heavy atom. The van der Waals surface area contributed by atoms with Crippen molar-refractivity contribution in [2.24, 2.45) is 0 Å². The number of halogens is 1. The zero-order chi connectivity index (χ0) is 13.9. The predicted octanol–water partition coefficient (Wildman–Crippen LogP) is 1.85. The zero-order valence-electron chi connectivity index (χ0n) is 12.5. The average Bonchev–Trinajstić information content (AvgIpc) is 3.17. The van der Waals surface area contributed by atoms with Crippen LogP contribution in [0.2, 0.25) is 0 Å². The maximum absolute atomic E-state index is 12.6. The van der Waals surface area contributed by atoms with Crippen LogP contribution >= 0.6 is 23.7 Å². The van der Waals surface area contributed by atoms with Gasteiger partial charge in [-0.3, -0.25) is 9.69 Å². The summed E-state index contributed by atoms with van der Waals surface area (Å²) >= 11 is 1.59. The van der Waals surface area contributed by atoms with E-state index in [0.717, 1.165) is 50.6 Å². The molecule has 1 aromatic rings. The summed E-state index contributed by atoms with van der Waals surface area (Å²) in [7, 11) is 0. The van der Waals surface area contributed by atoms with Crippen molar-refractivity contribution in [3.63, 3.8) is 0 Å². The quantitative estimate of drug-likeness (QED) is 0.919. The fourth-order valence-corrected chi connectivity index (χ4v) is 4.15. The lowest BCUT2D eigenvalue weighted by atomic mass is 10.1. The standard InChI is InChI=1S/C15H23N3OS.ClH/c1-2-12-4-10-20-14(12)15(19)18-8-6-17(7-9-18)13-3-5-16-11-13;/h4,10,13,16H,2-3,5-9,11H2,1H3;1H. The fourth-order valence-electron chi connectivity index (χ4n) is 3.19. The number of thiophene rings is 1. The summed E-state index contributed by atoms with van der Waals surface area (Å²) in [5.74, 6) is 0.237. The van der Waals surface area contributed by atoms with Crippen molar-refractivity contribution in [3.8, 4) is 0 Å². The van der Waals surface area contributed by atoms with E-state index in [-0.39, 0.29) is 18.3 Å². The number of carbonyl (C=O) groups is 1. The molecule has 1 atom stereocenters. The van der Waals surface area contributed by atoms with Gasteiger partial charge in [0.15, 0.2) is 0 Å². The fraction of sp³-hybridized carbons (Fsp3) is 0.667. The van der Waals surface area contributed by atoms with Gasteiger partial charge in [-0.2, -0.15) is 0 Å². The second-order valence-electron chi connectivity index (χ2n) is 5.60. The van der Waals surface area contributed by atoms with Crippen LogP contribution in [0, 0.1) is 0 Å². The monoisotopic (exact) mass is 329 g/mol. The molecule has 4 nitrogen and oxygen atoms in total. The average molecular weight is 330 g/mol. The van der Waals surface area contributed by atoms with Crippen molar-refractivity contribution in [2.75, 3.05) is 39.3 Å². The molecule has 0 bridgehead atoms. The normalized spacial score (nSPS) is 23.1. The van der Waals surface area contributed by atoms with Crippen molar-refractivity contribution in [3.05, 3.63) is 21.9 Å². The minimum Gasteiger partial charge on any atom is -0.335 e. The number of amides is 1. The van der Waals surface area contributed by atoms with Crippen LogP contribution in [-0.2, 0) is 6.42 Å². The van der Waals surface area contributed by atoms with Gasteiger partial charge in [-0.25, -0.2) is 0 Å². The molecule has 0 saturated carbocycles. The molecule has 2 fully saturated rings. The van der Waals surface area contributed by atoms with Gasteiger partial charge in [0.25, 0.3) is 5.91 Å².